The minimum Gasteiger partial charge on any atom is -0.488 e. The number of aliphatic hydroxyl groups excluding tert-OH is 1. The first kappa shape index (κ1) is 24.5. The number of nitrogens with zero attached hydrogens (tertiary/aromatic N) is 2. The fraction of sp³-hybridized carbons (Fsp3) is 0.522. The number of nitrogens with one attached hydrogen (secondary N) is 3. The summed E-state index contributed by atoms with van der Waals surface area (Å²) in [6.07, 6.45) is -0.0747. The second-order valence-electron chi connectivity index (χ2n) is 8.55. The lowest BCUT2D eigenvalue weighted by Crippen LogP contribution is -2.47. The highest BCUT2D eigenvalue weighted by atomic mass is 16.5. The van der Waals surface area contributed by atoms with E-state index >= 15 is 0 Å². The SMILES string of the molecule is CNC[C@H]1Oc2ccc(NC(=O)Nc3c(C)noc3C)cc2CC(=O)N([C@@H](C)CO)C[C@H]1C. The monoisotopic (exact) mass is 459 g/mol. The van der Waals surface area contributed by atoms with E-state index < -0.39 is 6.03 Å². The molecule has 4 N–H and O–H groups in total. The van der Waals surface area contributed by atoms with E-state index in [-0.39, 0.29) is 37.0 Å². The van der Waals surface area contributed by atoms with Gasteiger partial charge < -0.3 is 35.2 Å². The summed E-state index contributed by atoms with van der Waals surface area (Å²) in [7, 11) is 1.85. The molecule has 180 valence electrons. The molecular weight excluding hydrogens is 426 g/mol. The van der Waals surface area contributed by atoms with Crippen molar-refractivity contribution in [3.05, 3.63) is 35.2 Å². The van der Waals surface area contributed by atoms with Crippen molar-refractivity contribution in [2.75, 3.05) is 37.4 Å². The maximum Gasteiger partial charge on any atom is 0.323 e. The fourth-order valence-electron chi connectivity index (χ4n) is 3.89. The van der Waals surface area contributed by atoms with Gasteiger partial charge >= 0.3 is 6.03 Å². The van der Waals surface area contributed by atoms with E-state index in [4.69, 9.17) is 9.26 Å². The smallest absolute Gasteiger partial charge is 0.323 e. The molecule has 0 spiro atoms. The summed E-state index contributed by atoms with van der Waals surface area (Å²) in [6, 6.07) is 4.50. The molecule has 10 nitrogen and oxygen atoms in total. The molecule has 0 saturated heterocycles. The number of ether oxygens (including phenoxy) is 1. The lowest BCUT2D eigenvalue weighted by Gasteiger charge is -2.32. The fourth-order valence-corrected chi connectivity index (χ4v) is 3.89. The van der Waals surface area contributed by atoms with Gasteiger partial charge in [0.2, 0.25) is 5.91 Å². The number of anilines is 2. The van der Waals surface area contributed by atoms with Crippen molar-refractivity contribution >= 4 is 23.3 Å². The number of likely N-dealkylation sites (N-methyl/N-ethyl adjacent to an activating group) is 1. The highest BCUT2D eigenvalue weighted by molar-refractivity contribution is 6.00. The zero-order chi connectivity index (χ0) is 24.1. The van der Waals surface area contributed by atoms with Crippen LogP contribution in [0.15, 0.2) is 22.7 Å². The highest BCUT2D eigenvalue weighted by Gasteiger charge is 2.30. The second kappa shape index (κ2) is 10.7. The molecule has 0 saturated carbocycles. The number of aryl methyl sites for hydroxylation is 2. The number of fused-ring (bicyclic) bond motifs is 1. The number of amides is 3. The Bertz CT molecular complexity index is 972. The molecule has 1 aliphatic heterocycles. The van der Waals surface area contributed by atoms with Crippen LogP contribution in [-0.2, 0) is 11.2 Å². The normalized spacial score (nSPS) is 19.6. The zero-order valence-electron chi connectivity index (χ0n) is 19.8. The van der Waals surface area contributed by atoms with Crippen LogP contribution in [0.5, 0.6) is 5.75 Å². The van der Waals surface area contributed by atoms with E-state index in [1.54, 1.807) is 36.9 Å². The first-order valence-electron chi connectivity index (χ1n) is 11.1. The molecule has 2 heterocycles. The van der Waals surface area contributed by atoms with Crippen molar-refractivity contribution in [2.45, 2.75) is 46.3 Å². The Hall–Kier alpha value is -3.11. The van der Waals surface area contributed by atoms with E-state index in [1.807, 2.05) is 20.9 Å². The molecule has 0 unspecified atom stereocenters. The molecule has 3 atom stereocenters. The van der Waals surface area contributed by atoms with Crippen LogP contribution in [0.1, 0.15) is 30.9 Å². The summed E-state index contributed by atoms with van der Waals surface area (Å²) in [6.45, 7) is 8.29. The molecule has 0 fully saturated rings. The first-order valence-corrected chi connectivity index (χ1v) is 11.1. The van der Waals surface area contributed by atoms with Gasteiger partial charge in [-0.2, -0.15) is 0 Å². The molecule has 33 heavy (non-hydrogen) atoms. The van der Waals surface area contributed by atoms with Crippen LogP contribution in [0, 0.1) is 19.8 Å². The Labute approximate surface area is 193 Å². The maximum absolute atomic E-state index is 13.1. The molecule has 1 aliphatic rings. The number of carbonyl (C=O) groups is 2. The van der Waals surface area contributed by atoms with Crippen LogP contribution in [0.3, 0.4) is 0 Å². The van der Waals surface area contributed by atoms with Crippen molar-refractivity contribution in [3.8, 4) is 5.75 Å². The standard InChI is InChI=1S/C23H33N5O5/c1-13-11-28(14(2)12-29)21(30)9-17-8-18(6-7-19(17)32-20(13)10-24-5)25-23(31)26-22-15(3)27-33-16(22)4/h6-8,13-14,20,24,29H,9-12H2,1-5H3,(H2,25,26,31)/t13-,14+,20-/m1/s1. The number of benzene rings is 1. The predicted molar refractivity (Wildman–Crippen MR) is 125 cm³/mol. The second-order valence-corrected chi connectivity index (χ2v) is 8.55. The van der Waals surface area contributed by atoms with Gasteiger partial charge in [0.1, 0.15) is 23.2 Å². The van der Waals surface area contributed by atoms with Gasteiger partial charge in [0.25, 0.3) is 0 Å². The molecule has 3 amide bonds. The number of aromatic nitrogens is 1. The molecule has 0 aliphatic carbocycles. The van der Waals surface area contributed by atoms with Gasteiger partial charge in [-0.25, -0.2) is 4.79 Å². The molecule has 0 bridgehead atoms. The Balaban J connectivity index is 1.86. The van der Waals surface area contributed by atoms with E-state index in [0.29, 0.717) is 47.2 Å². The van der Waals surface area contributed by atoms with Crippen molar-refractivity contribution in [1.29, 1.82) is 0 Å². The van der Waals surface area contributed by atoms with Crippen LogP contribution in [0.4, 0.5) is 16.2 Å². The molecule has 1 aromatic carbocycles. The molecule has 1 aromatic heterocycles. The average molecular weight is 460 g/mol. The summed E-state index contributed by atoms with van der Waals surface area (Å²) in [5.74, 6) is 1.06. The maximum atomic E-state index is 13.1. The third-order valence-corrected chi connectivity index (χ3v) is 5.85. The van der Waals surface area contributed by atoms with Crippen LogP contribution in [0.25, 0.3) is 0 Å². The predicted octanol–water partition coefficient (Wildman–Crippen LogP) is 2.30. The Morgan fingerprint density at radius 1 is 1.33 bits per heavy atom. The molecular formula is C23H33N5O5. The number of hydrogen-bond donors (Lipinski definition) is 4. The van der Waals surface area contributed by atoms with Crippen LogP contribution in [-0.4, -0.2) is 66.0 Å². The third-order valence-electron chi connectivity index (χ3n) is 5.85. The van der Waals surface area contributed by atoms with Gasteiger partial charge in [-0.05, 0) is 46.0 Å². The van der Waals surface area contributed by atoms with Gasteiger partial charge in [-0.1, -0.05) is 12.1 Å². The van der Waals surface area contributed by atoms with E-state index in [1.165, 1.54) is 0 Å². The quantitative estimate of drug-likeness (QED) is 0.522. The molecule has 0 radical (unpaired) electrons. The molecule has 2 aromatic rings. The average Bonchev–Trinajstić information content (AvgIpc) is 3.11. The largest absolute Gasteiger partial charge is 0.488 e. The number of carbonyl (C=O) groups excluding carboxylic acids is 2. The van der Waals surface area contributed by atoms with Gasteiger partial charge in [0.15, 0.2) is 5.76 Å². The first-order chi connectivity index (χ1) is 15.7. The highest BCUT2D eigenvalue weighted by Crippen LogP contribution is 2.29. The van der Waals surface area contributed by atoms with Gasteiger partial charge in [0.05, 0.1) is 19.1 Å². The van der Waals surface area contributed by atoms with Gasteiger partial charge in [0, 0.05) is 30.3 Å². The van der Waals surface area contributed by atoms with E-state index in [9.17, 15) is 14.7 Å². The topological polar surface area (TPSA) is 129 Å². The van der Waals surface area contributed by atoms with Crippen LogP contribution in [0.2, 0.25) is 0 Å². The summed E-state index contributed by atoms with van der Waals surface area (Å²) >= 11 is 0. The molecule has 10 heteroatoms. The Kier molecular flexibility index (Phi) is 7.93. The number of hydrogen-bond acceptors (Lipinski definition) is 7. The van der Waals surface area contributed by atoms with Crippen LogP contribution >= 0.6 is 0 Å². The van der Waals surface area contributed by atoms with E-state index in [2.05, 4.69) is 21.1 Å². The Morgan fingerprint density at radius 3 is 2.73 bits per heavy atom. The van der Waals surface area contributed by atoms with Crippen molar-refractivity contribution in [3.63, 3.8) is 0 Å². The number of aliphatic hydroxyl groups is 1. The lowest BCUT2D eigenvalue weighted by molar-refractivity contribution is -0.134. The van der Waals surface area contributed by atoms with Crippen molar-refractivity contribution in [2.24, 2.45) is 5.92 Å². The summed E-state index contributed by atoms with van der Waals surface area (Å²) in [5.41, 5.74) is 2.29. The minimum atomic E-state index is -0.447. The number of urea groups is 1. The summed E-state index contributed by atoms with van der Waals surface area (Å²) in [5, 5.41) is 22.2. The summed E-state index contributed by atoms with van der Waals surface area (Å²) < 4.78 is 11.4. The van der Waals surface area contributed by atoms with Crippen LogP contribution < -0.4 is 20.7 Å². The molecule has 3 rings (SSSR count). The summed E-state index contributed by atoms with van der Waals surface area (Å²) in [4.78, 5) is 27.4. The van der Waals surface area contributed by atoms with E-state index in [0.717, 1.165) is 0 Å². The Morgan fingerprint density at radius 2 is 2.09 bits per heavy atom. The minimum absolute atomic E-state index is 0.0416. The lowest BCUT2D eigenvalue weighted by atomic mass is 10.0. The van der Waals surface area contributed by atoms with Gasteiger partial charge in [-0.15, -0.1) is 0 Å². The van der Waals surface area contributed by atoms with Gasteiger partial charge in [-0.3, -0.25) is 4.79 Å². The van der Waals surface area contributed by atoms with Crippen molar-refractivity contribution in [1.82, 2.24) is 15.4 Å². The third kappa shape index (κ3) is 5.82. The zero-order valence-corrected chi connectivity index (χ0v) is 19.8. The number of rotatable bonds is 6. The van der Waals surface area contributed by atoms with Crippen molar-refractivity contribution < 1.29 is 24.0 Å².